The van der Waals surface area contributed by atoms with Gasteiger partial charge < -0.3 is 14.9 Å². The third-order valence-corrected chi connectivity index (χ3v) is 4.67. The number of imidazole rings is 1. The molecule has 2 aromatic rings. The van der Waals surface area contributed by atoms with Crippen LogP contribution in [0.25, 0.3) is 0 Å². The first kappa shape index (κ1) is 16.2. The summed E-state index contributed by atoms with van der Waals surface area (Å²) < 4.78 is 6.63. The average Bonchev–Trinajstić information content (AvgIpc) is 3.02. The zero-order valence-corrected chi connectivity index (χ0v) is 13.5. The summed E-state index contributed by atoms with van der Waals surface area (Å²) in [6.45, 7) is 5.94. The number of rotatable bonds is 6. The van der Waals surface area contributed by atoms with Gasteiger partial charge >= 0.3 is 11.8 Å². The highest BCUT2D eigenvalue weighted by molar-refractivity contribution is 7.14. The minimum absolute atomic E-state index is 0.0648. The molecule has 118 valence electrons. The van der Waals surface area contributed by atoms with E-state index in [9.17, 15) is 14.9 Å². The maximum absolute atomic E-state index is 12.0. The number of carbonyl (C=O) groups excluding carboxylic acids is 1. The molecule has 0 radical (unpaired) electrons. The number of thiophene rings is 1. The number of carbonyl (C=O) groups is 1. The van der Waals surface area contributed by atoms with Gasteiger partial charge in [-0.05, 0) is 29.9 Å². The minimum Gasteiger partial charge on any atom is -0.457 e. The zero-order valence-electron chi connectivity index (χ0n) is 12.7. The van der Waals surface area contributed by atoms with Crippen molar-refractivity contribution in [2.45, 2.75) is 33.7 Å². The lowest BCUT2D eigenvalue weighted by Crippen LogP contribution is -2.13. The van der Waals surface area contributed by atoms with Crippen LogP contribution in [0.3, 0.4) is 0 Å². The fraction of sp³-hybridized carbons (Fsp3) is 0.429. The summed E-state index contributed by atoms with van der Waals surface area (Å²) in [5, 5.41) is 10.9. The van der Waals surface area contributed by atoms with Crippen molar-refractivity contribution < 1.29 is 14.5 Å². The van der Waals surface area contributed by atoms with Gasteiger partial charge in [-0.15, -0.1) is 11.3 Å². The van der Waals surface area contributed by atoms with Crippen LogP contribution in [0.15, 0.2) is 12.3 Å². The van der Waals surface area contributed by atoms with Crippen LogP contribution in [0, 0.1) is 24.0 Å². The van der Waals surface area contributed by atoms with E-state index in [4.69, 9.17) is 4.74 Å². The summed E-state index contributed by atoms with van der Waals surface area (Å²) in [6.07, 6.45) is 2.08. The maximum Gasteiger partial charge on any atom is 0.348 e. The number of hydrogen-bond acceptors (Lipinski definition) is 6. The van der Waals surface area contributed by atoms with Crippen molar-refractivity contribution in [3.05, 3.63) is 43.5 Å². The first-order chi connectivity index (χ1) is 10.4. The van der Waals surface area contributed by atoms with E-state index in [2.05, 4.69) is 4.98 Å². The molecule has 0 bridgehead atoms. The molecule has 7 nitrogen and oxygen atoms in total. The molecule has 2 rings (SSSR count). The van der Waals surface area contributed by atoms with Crippen molar-refractivity contribution in [2.75, 3.05) is 6.61 Å². The Hall–Kier alpha value is -2.22. The maximum atomic E-state index is 12.0. The van der Waals surface area contributed by atoms with Gasteiger partial charge in [0.25, 0.3) is 0 Å². The molecule has 0 saturated carbocycles. The van der Waals surface area contributed by atoms with E-state index in [1.165, 1.54) is 22.1 Å². The highest BCUT2D eigenvalue weighted by Crippen LogP contribution is 2.23. The van der Waals surface area contributed by atoms with Gasteiger partial charge in [-0.2, -0.15) is 0 Å². The van der Waals surface area contributed by atoms with Gasteiger partial charge in [-0.1, -0.05) is 6.92 Å². The van der Waals surface area contributed by atoms with E-state index < -0.39 is 10.9 Å². The average molecular weight is 323 g/mol. The van der Waals surface area contributed by atoms with E-state index in [0.717, 1.165) is 16.9 Å². The van der Waals surface area contributed by atoms with Gasteiger partial charge in [0.05, 0.1) is 0 Å². The standard InChI is InChI=1S/C14H17N3O4S/c1-4-11-9(2)7-12(22-11)14(18)21-6-5-16-10(3)15-8-13(16)17(19)20/h7-8H,4-6H2,1-3H3. The van der Waals surface area contributed by atoms with Crippen LogP contribution >= 0.6 is 11.3 Å². The second-order valence-electron chi connectivity index (χ2n) is 4.78. The van der Waals surface area contributed by atoms with E-state index >= 15 is 0 Å². The number of nitrogens with zero attached hydrogens (tertiary/aromatic N) is 3. The summed E-state index contributed by atoms with van der Waals surface area (Å²) in [5.74, 6) is 0.0185. The van der Waals surface area contributed by atoms with Gasteiger partial charge in [0.2, 0.25) is 0 Å². The summed E-state index contributed by atoms with van der Waals surface area (Å²) in [7, 11) is 0. The predicted octanol–water partition coefficient (Wildman–Crippen LogP) is 2.89. The lowest BCUT2D eigenvalue weighted by Gasteiger charge is -2.04. The predicted molar refractivity (Wildman–Crippen MR) is 82.3 cm³/mol. The van der Waals surface area contributed by atoms with Crippen molar-refractivity contribution in [2.24, 2.45) is 0 Å². The monoisotopic (exact) mass is 323 g/mol. The summed E-state index contributed by atoms with van der Waals surface area (Å²) in [4.78, 5) is 28.0. The van der Waals surface area contributed by atoms with Crippen LogP contribution in [0.4, 0.5) is 5.82 Å². The summed E-state index contributed by atoms with van der Waals surface area (Å²) in [5.41, 5.74) is 1.08. The van der Waals surface area contributed by atoms with Gasteiger partial charge in [0.1, 0.15) is 24.2 Å². The van der Waals surface area contributed by atoms with E-state index in [1.54, 1.807) is 6.92 Å². The summed E-state index contributed by atoms with van der Waals surface area (Å²) >= 11 is 1.42. The lowest BCUT2D eigenvalue weighted by atomic mass is 10.2. The van der Waals surface area contributed by atoms with Crippen molar-refractivity contribution in [3.63, 3.8) is 0 Å². The first-order valence-electron chi connectivity index (χ1n) is 6.87. The molecule has 0 aliphatic carbocycles. The molecular weight excluding hydrogens is 306 g/mol. The molecule has 2 aromatic heterocycles. The van der Waals surface area contributed by atoms with Gasteiger partial charge in [0, 0.05) is 11.8 Å². The molecular formula is C14H17N3O4S. The van der Waals surface area contributed by atoms with Crippen LogP contribution in [-0.2, 0) is 17.7 Å². The normalized spacial score (nSPS) is 10.7. The molecule has 0 aliphatic heterocycles. The van der Waals surface area contributed by atoms with E-state index in [1.807, 2.05) is 19.9 Å². The Kier molecular flexibility index (Phi) is 4.92. The second kappa shape index (κ2) is 6.69. The minimum atomic E-state index is -0.502. The molecule has 0 amide bonds. The SMILES string of the molecule is CCc1sc(C(=O)OCCn2c([N+](=O)[O-])cnc2C)cc1C. The Morgan fingerprint density at radius 3 is 2.82 bits per heavy atom. The fourth-order valence-electron chi connectivity index (χ4n) is 2.15. The van der Waals surface area contributed by atoms with Crippen molar-refractivity contribution in [1.29, 1.82) is 0 Å². The molecule has 0 atom stereocenters. The lowest BCUT2D eigenvalue weighted by molar-refractivity contribution is -0.392. The molecule has 0 fully saturated rings. The molecule has 0 saturated heterocycles. The Morgan fingerprint density at radius 1 is 1.50 bits per heavy atom. The van der Waals surface area contributed by atoms with Crippen LogP contribution in [-0.4, -0.2) is 27.1 Å². The van der Waals surface area contributed by atoms with Crippen LogP contribution in [0.1, 0.15) is 32.9 Å². The third kappa shape index (κ3) is 3.33. The highest BCUT2D eigenvalue weighted by Gasteiger charge is 2.18. The number of esters is 1. The van der Waals surface area contributed by atoms with Crippen molar-refractivity contribution in [1.82, 2.24) is 9.55 Å². The molecule has 8 heteroatoms. The Bertz CT molecular complexity index is 705. The van der Waals surface area contributed by atoms with E-state index in [0.29, 0.717) is 10.7 Å². The third-order valence-electron chi connectivity index (χ3n) is 3.31. The molecule has 2 heterocycles. The number of aromatic nitrogens is 2. The second-order valence-corrected chi connectivity index (χ2v) is 5.92. The van der Waals surface area contributed by atoms with Crippen LogP contribution in [0.2, 0.25) is 0 Å². The Morgan fingerprint density at radius 2 is 2.23 bits per heavy atom. The smallest absolute Gasteiger partial charge is 0.348 e. The molecule has 0 N–H and O–H groups in total. The topological polar surface area (TPSA) is 87.3 Å². The number of hydrogen-bond donors (Lipinski definition) is 0. The number of ether oxygens (including phenoxy) is 1. The van der Waals surface area contributed by atoms with E-state index in [-0.39, 0.29) is 19.0 Å². The zero-order chi connectivity index (χ0) is 16.3. The Labute approximate surface area is 131 Å². The number of nitro groups is 1. The van der Waals surface area contributed by atoms with Crippen molar-refractivity contribution >= 4 is 23.1 Å². The van der Waals surface area contributed by atoms with Crippen LogP contribution < -0.4 is 0 Å². The molecule has 0 spiro atoms. The Balaban J connectivity index is 1.97. The number of aryl methyl sites for hydroxylation is 3. The molecule has 0 unspecified atom stereocenters. The van der Waals surface area contributed by atoms with Gasteiger partial charge in [-0.3, -0.25) is 0 Å². The first-order valence-corrected chi connectivity index (χ1v) is 7.68. The molecule has 0 aliphatic rings. The van der Waals surface area contributed by atoms with Crippen molar-refractivity contribution in [3.8, 4) is 0 Å². The van der Waals surface area contributed by atoms with Gasteiger partial charge in [-0.25, -0.2) is 14.3 Å². The highest BCUT2D eigenvalue weighted by atomic mass is 32.1. The molecule has 22 heavy (non-hydrogen) atoms. The largest absolute Gasteiger partial charge is 0.457 e. The van der Waals surface area contributed by atoms with Crippen LogP contribution in [0.5, 0.6) is 0 Å². The molecule has 0 aromatic carbocycles. The summed E-state index contributed by atoms with van der Waals surface area (Å²) in [6, 6.07) is 1.82. The fourth-order valence-corrected chi connectivity index (χ4v) is 3.16. The quantitative estimate of drug-likeness (QED) is 0.463. The van der Waals surface area contributed by atoms with Gasteiger partial charge in [0.15, 0.2) is 5.82 Å².